The van der Waals surface area contributed by atoms with E-state index < -0.39 is 0 Å². The summed E-state index contributed by atoms with van der Waals surface area (Å²) >= 11 is 0. The summed E-state index contributed by atoms with van der Waals surface area (Å²) in [6.45, 7) is 6.92. The highest BCUT2D eigenvalue weighted by Gasteiger charge is 2.01. The van der Waals surface area contributed by atoms with Crippen LogP contribution in [0, 0.1) is 20.8 Å². The second-order valence-electron chi connectivity index (χ2n) is 4.47. The summed E-state index contributed by atoms with van der Waals surface area (Å²) in [6, 6.07) is 14.6. The predicted molar refractivity (Wildman–Crippen MR) is 71.4 cm³/mol. The van der Waals surface area contributed by atoms with Gasteiger partial charge in [-0.3, -0.25) is 0 Å². The molecule has 0 aliphatic carbocycles. The summed E-state index contributed by atoms with van der Waals surface area (Å²) in [4.78, 5) is 0. The van der Waals surface area contributed by atoms with Gasteiger partial charge >= 0.3 is 0 Å². The largest absolute Gasteiger partial charge is 0.489 e. The van der Waals surface area contributed by atoms with Gasteiger partial charge in [-0.05, 0) is 43.5 Å². The summed E-state index contributed by atoms with van der Waals surface area (Å²) < 4.78 is 5.84. The molecule has 0 amide bonds. The summed E-state index contributed by atoms with van der Waals surface area (Å²) in [6.07, 6.45) is 0. The maximum atomic E-state index is 5.84. The number of aryl methyl sites for hydroxylation is 2. The van der Waals surface area contributed by atoms with Crippen molar-refractivity contribution in [3.8, 4) is 5.75 Å². The minimum atomic E-state index is 0.630. The van der Waals surface area contributed by atoms with Gasteiger partial charge in [0.1, 0.15) is 12.4 Å². The molecule has 1 heteroatoms. The minimum absolute atomic E-state index is 0.630. The van der Waals surface area contributed by atoms with Crippen molar-refractivity contribution in [3.63, 3.8) is 0 Å². The van der Waals surface area contributed by atoms with E-state index in [9.17, 15) is 0 Å². The summed E-state index contributed by atoms with van der Waals surface area (Å²) in [5, 5.41) is 0. The Morgan fingerprint density at radius 1 is 0.882 bits per heavy atom. The third kappa shape index (κ3) is 2.88. The molecule has 0 fully saturated rings. The lowest BCUT2D eigenvalue weighted by Crippen LogP contribution is -1.97. The van der Waals surface area contributed by atoms with Gasteiger partial charge < -0.3 is 4.74 Å². The van der Waals surface area contributed by atoms with E-state index in [1.54, 1.807) is 0 Å². The predicted octanol–water partition coefficient (Wildman–Crippen LogP) is 4.19. The monoisotopic (exact) mass is 226 g/mol. The molecule has 0 N–H and O–H groups in total. The maximum absolute atomic E-state index is 5.84. The molecule has 0 unspecified atom stereocenters. The third-order valence-corrected chi connectivity index (χ3v) is 3.07. The Morgan fingerprint density at radius 3 is 2.29 bits per heavy atom. The minimum Gasteiger partial charge on any atom is -0.489 e. The lowest BCUT2D eigenvalue weighted by Gasteiger charge is -2.10. The van der Waals surface area contributed by atoms with Crippen molar-refractivity contribution in [3.05, 3.63) is 64.7 Å². The van der Waals surface area contributed by atoms with E-state index in [1.807, 2.05) is 12.1 Å². The van der Waals surface area contributed by atoms with Crippen LogP contribution in [0.15, 0.2) is 42.5 Å². The molecular formula is C16H18O. The molecule has 88 valence electrons. The van der Waals surface area contributed by atoms with Crippen molar-refractivity contribution in [2.75, 3.05) is 0 Å². The molecule has 0 bridgehead atoms. The zero-order valence-corrected chi connectivity index (χ0v) is 10.7. The summed E-state index contributed by atoms with van der Waals surface area (Å²) in [5.74, 6) is 0.977. The lowest BCUT2D eigenvalue weighted by molar-refractivity contribution is 0.304. The number of hydrogen-bond acceptors (Lipinski definition) is 1. The zero-order valence-electron chi connectivity index (χ0n) is 10.7. The van der Waals surface area contributed by atoms with Gasteiger partial charge in [0, 0.05) is 0 Å². The van der Waals surface area contributed by atoms with Crippen molar-refractivity contribution in [2.45, 2.75) is 27.4 Å². The molecule has 0 aliphatic heterocycles. The van der Waals surface area contributed by atoms with Crippen LogP contribution in [0.5, 0.6) is 5.75 Å². The first-order valence-corrected chi connectivity index (χ1v) is 5.91. The fourth-order valence-electron chi connectivity index (χ4n) is 1.73. The van der Waals surface area contributed by atoms with Crippen LogP contribution in [-0.4, -0.2) is 0 Å². The molecule has 0 heterocycles. The second kappa shape index (κ2) is 5.05. The molecule has 0 atom stereocenters. The number of rotatable bonds is 3. The van der Waals surface area contributed by atoms with Crippen molar-refractivity contribution in [1.82, 2.24) is 0 Å². The number of hydrogen-bond donors (Lipinski definition) is 0. The van der Waals surface area contributed by atoms with Gasteiger partial charge in [0.25, 0.3) is 0 Å². The molecule has 2 aromatic rings. The van der Waals surface area contributed by atoms with Gasteiger partial charge in [-0.2, -0.15) is 0 Å². The molecule has 0 radical (unpaired) electrons. The Kier molecular flexibility index (Phi) is 3.48. The lowest BCUT2D eigenvalue weighted by atomic mass is 10.1. The molecule has 0 aromatic heterocycles. The van der Waals surface area contributed by atoms with Crippen molar-refractivity contribution in [1.29, 1.82) is 0 Å². The summed E-state index contributed by atoms with van der Waals surface area (Å²) in [5.41, 5.74) is 4.98. The first-order chi connectivity index (χ1) is 8.16. The standard InChI is InChI=1S/C16H18O/c1-12-7-9-15(10-8-12)11-17-16-6-4-5-13(2)14(16)3/h4-10H,11H2,1-3H3. The van der Waals surface area contributed by atoms with E-state index in [4.69, 9.17) is 4.74 Å². The normalized spacial score (nSPS) is 10.3. The fraction of sp³-hybridized carbons (Fsp3) is 0.250. The van der Waals surface area contributed by atoms with Crippen LogP contribution < -0.4 is 4.74 Å². The molecule has 1 nitrogen and oxygen atoms in total. The smallest absolute Gasteiger partial charge is 0.122 e. The van der Waals surface area contributed by atoms with Gasteiger partial charge in [0.2, 0.25) is 0 Å². The first-order valence-electron chi connectivity index (χ1n) is 5.91. The molecule has 2 rings (SSSR count). The topological polar surface area (TPSA) is 9.23 Å². The van der Waals surface area contributed by atoms with Crippen molar-refractivity contribution < 1.29 is 4.74 Å². The number of ether oxygens (including phenoxy) is 1. The highest BCUT2D eigenvalue weighted by atomic mass is 16.5. The van der Waals surface area contributed by atoms with Crippen LogP contribution in [0.2, 0.25) is 0 Å². The van der Waals surface area contributed by atoms with E-state index >= 15 is 0 Å². The molecule has 0 aliphatic rings. The van der Waals surface area contributed by atoms with Gasteiger partial charge in [-0.1, -0.05) is 42.0 Å². The SMILES string of the molecule is Cc1ccc(COc2cccc(C)c2C)cc1. The van der Waals surface area contributed by atoms with E-state index in [-0.39, 0.29) is 0 Å². The number of benzene rings is 2. The molecule has 0 saturated carbocycles. The Balaban J connectivity index is 2.07. The van der Waals surface area contributed by atoms with Crippen molar-refractivity contribution >= 4 is 0 Å². The Bertz CT molecular complexity index is 497. The van der Waals surface area contributed by atoms with Gasteiger partial charge in [-0.25, -0.2) is 0 Å². The second-order valence-corrected chi connectivity index (χ2v) is 4.47. The Labute approximate surface area is 103 Å². The molecule has 0 saturated heterocycles. The molecule has 2 aromatic carbocycles. The van der Waals surface area contributed by atoms with Gasteiger partial charge in [0.15, 0.2) is 0 Å². The van der Waals surface area contributed by atoms with Crippen molar-refractivity contribution in [2.24, 2.45) is 0 Å². The van der Waals surface area contributed by atoms with E-state index in [2.05, 4.69) is 51.1 Å². The highest BCUT2D eigenvalue weighted by Crippen LogP contribution is 2.21. The average molecular weight is 226 g/mol. The first kappa shape index (κ1) is 11.7. The highest BCUT2D eigenvalue weighted by molar-refractivity contribution is 5.38. The molecular weight excluding hydrogens is 208 g/mol. The van der Waals surface area contributed by atoms with Crippen LogP contribution in [0.25, 0.3) is 0 Å². The summed E-state index contributed by atoms with van der Waals surface area (Å²) in [7, 11) is 0. The average Bonchev–Trinajstić information content (AvgIpc) is 2.33. The van der Waals surface area contributed by atoms with Crippen LogP contribution >= 0.6 is 0 Å². The Morgan fingerprint density at radius 2 is 1.59 bits per heavy atom. The van der Waals surface area contributed by atoms with E-state index in [0.717, 1.165) is 5.75 Å². The molecule has 0 spiro atoms. The maximum Gasteiger partial charge on any atom is 0.122 e. The van der Waals surface area contributed by atoms with Gasteiger partial charge in [-0.15, -0.1) is 0 Å². The quantitative estimate of drug-likeness (QED) is 0.762. The fourth-order valence-corrected chi connectivity index (χ4v) is 1.73. The van der Waals surface area contributed by atoms with E-state index in [0.29, 0.717) is 6.61 Å². The Hall–Kier alpha value is -1.76. The van der Waals surface area contributed by atoms with Crippen LogP contribution in [0.1, 0.15) is 22.3 Å². The van der Waals surface area contributed by atoms with Crippen LogP contribution in [0.3, 0.4) is 0 Å². The van der Waals surface area contributed by atoms with Crippen LogP contribution in [-0.2, 0) is 6.61 Å². The van der Waals surface area contributed by atoms with Crippen LogP contribution in [0.4, 0.5) is 0 Å². The van der Waals surface area contributed by atoms with Gasteiger partial charge in [0.05, 0.1) is 0 Å². The molecule has 17 heavy (non-hydrogen) atoms. The zero-order chi connectivity index (χ0) is 12.3. The van der Waals surface area contributed by atoms with E-state index in [1.165, 1.54) is 22.3 Å². The third-order valence-electron chi connectivity index (χ3n) is 3.07.